The van der Waals surface area contributed by atoms with Crippen molar-refractivity contribution in [2.45, 2.75) is 6.92 Å². The fourth-order valence-corrected chi connectivity index (χ4v) is 4.03. The molecular weight excluding hydrogens is 433 g/mol. The fraction of sp³-hybridized carbons (Fsp3) is 0.130. The summed E-state index contributed by atoms with van der Waals surface area (Å²) in [7, 11) is -2.08. The minimum atomic E-state index is -3.59. The summed E-state index contributed by atoms with van der Waals surface area (Å²) in [5.41, 5.74) is 2.60. The van der Waals surface area contributed by atoms with Crippen molar-refractivity contribution in [3.05, 3.63) is 72.3 Å². The monoisotopic (exact) mass is 453 g/mol. The SMILES string of the molecule is CCS(=O)(=O)Nc1cc2oc(-c3ccc(F)cc3)c(C(=O)NC)c2cc1-c1cccnc1. The zero-order valence-corrected chi connectivity index (χ0v) is 18.2. The first-order valence-corrected chi connectivity index (χ1v) is 11.5. The molecule has 2 aromatic heterocycles. The molecule has 0 unspecified atom stereocenters. The number of hydrogen-bond donors (Lipinski definition) is 2. The van der Waals surface area contributed by atoms with Gasteiger partial charge in [0.15, 0.2) is 0 Å². The fourth-order valence-electron chi connectivity index (χ4n) is 3.38. The Morgan fingerprint density at radius 3 is 2.50 bits per heavy atom. The van der Waals surface area contributed by atoms with Crippen molar-refractivity contribution < 1.29 is 22.0 Å². The molecule has 164 valence electrons. The number of carbonyl (C=O) groups is 1. The van der Waals surface area contributed by atoms with Gasteiger partial charge in [-0.05, 0) is 43.3 Å². The summed E-state index contributed by atoms with van der Waals surface area (Å²) >= 11 is 0. The zero-order chi connectivity index (χ0) is 22.9. The van der Waals surface area contributed by atoms with Crippen LogP contribution in [0, 0.1) is 5.82 Å². The van der Waals surface area contributed by atoms with Crippen LogP contribution in [0.3, 0.4) is 0 Å². The van der Waals surface area contributed by atoms with Crippen molar-refractivity contribution in [1.82, 2.24) is 10.3 Å². The van der Waals surface area contributed by atoms with Crippen LogP contribution in [-0.2, 0) is 10.0 Å². The number of hydrogen-bond acceptors (Lipinski definition) is 5. The Bertz CT molecular complexity index is 1400. The second kappa shape index (κ2) is 8.43. The molecule has 9 heteroatoms. The molecule has 0 saturated carbocycles. The summed E-state index contributed by atoms with van der Waals surface area (Å²) in [4.78, 5) is 16.9. The van der Waals surface area contributed by atoms with Gasteiger partial charge in [0.05, 0.1) is 17.0 Å². The van der Waals surface area contributed by atoms with Crippen molar-refractivity contribution in [3.63, 3.8) is 0 Å². The first kappa shape index (κ1) is 21.5. The molecule has 0 fully saturated rings. The second-order valence-electron chi connectivity index (χ2n) is 7.03. The first-order valence-electron chi connectivity index (χ1n) is 9.82. The third kappa shape index (κ3) is 4.06. The number of sulfonamides is 1. The van der Waals surface area contributed by atoms with E-state index < -0.39 is 15.8 Å². The van der Waals surface area contributed by atoms with E-state index in [1.165, 1.54) is 38.2 Å². The van der Waals surface area contributed by atoms with Gasteiger partial charge in [0.25, 0.3) is 5.91 Å². The molecule has 0 atom stereocenters. The average Bonchev–Trinajstić information content (AvgIpc) is 3.17. The van der Waals surface area contributed by atoms with Gasteiger partial charge in [-0.25, -0.2) is 12.8 Å². The zero-order valence-electron chi connectivity index (χ0n) is 17.3. The summed E-state index contributed by atoms with van der Waals surface area (Å²) in [6.07, 6.45) is 3.21. The number of pyridine rings is 1. The maximum atomic E-state index is 13.4. The molecule has 0 radical (unpaired) electrons. The Balaban J connectivity index is 2.03. The highest BCUT2D eigenvalue weighted by molar-refractivity contribution is 7.92. The van der Waals surface area contributed by atoms with E-state index in [0.717, 1.165) is 0 Å². The highest BCUT2D eigenvalue weighted by Crippen LogP contribution is 2.39. The van der Waals surface area contributed by atoms with Crippen LogP contribution in [0.25, 0.3) is 33.4 Å². The predicted octanol–water partition coefficient (Wildman–Crippen LogP) is 4.42. The summed E-state index contributed by atoms with van der Waals surface area (Å²) < 4.78 is 46.6. The number of carbonyl (C=O) groups excluding carboxylic acids is 1. The average molecular weight is 453 g/mol. The highest BCUT2D eigenvalue weighted by atomic mass is 32.2. The van der Waals surface area contributed by atoms with Gasteiger partial charge in [0.2, 0.25) is 10.0 Å². The number of amides is 1. The number of benzene rings is 2. The number of aromatic nitrogens is 1. The van der Waals surface area contributed by atoms with E-state index in [4.69, 9.17) is 4.42 Å². The number of fused-ring (bicyclic) bond motifs is 1. The lowest BCUT2D eigenvalue weighted by Gasteiger charge is -2.12. The Morgan fingerprint density at radius 2 is 1.88 bits per heavy atom. The minimum Gasteiger partial charge on any atom is -0.455 e. The van der Waals surface area contributed by atoms with E-state index in [0.29, 0.717) is 33.3 Å². The minimum absolute atomic E-state index is 0.111. The van der Waals surface area contributed by atoms with Crippen LogP contribution in [0.15, 0.2) is 65.3 Å². The van der Waals surface area contributed by atoms with E-state index in [1.807, 2.05) is 0 Å². The third-order valence-electron chi connectivity index (χ3n) is 5.01. The largest absolute Gasteiger partial charge is 0.455 e. The molecule has 0 saturated heterocycles. The molecule has 4 aromatic rings. The van der Waals surface area contributed by atoms with Gasteiger partial charge >= 0.3 is 0 Å². The van der Waals surface area contributed by atoms with Crippen LogP contribution in [0.5, 0.6) is 0 Å². The van der Waals surface area contributed by atoms with Gasteiger partial charge < -0.3 is 9.73 Å². The van der Waals surface area contributed by atoms with E-state index in [1.54, 1.807) is 36.7 Å². The summed E-state index contributed by atoms with van der Waals surface area (Å²) in [5, 5.41) is 3.09. The molecular formula is C23H20FN3O4S. The number of rotatable bonds is 6. The molecule has 4 rings (SSSR count). The van der Waals surface area contributed by atoms with Crippen molar-refractivity contribution in [1.29, 1.82) is 0 Å². The lowest BCUT2D eigenvalue weighted by molar-refractivity contribution is 0.0964. The molecule has 2 N–H and O–H groups in total. The molecule has 0 aliphatic heterocycles. The van der Waals surface area contributed by atoms with Crippen LogP contribution in [0.4, 0.5) is 10.1 Å². The molecule has 32 heavy (non-hydrogen) atoms. The van der Waals surface area contributed by atoms with Crippen molar-refractivity contribution in [3.8, 4) is 22.5 Å². The standard InChI is InChI=1S/C23H20FN3O4S/c1-3-32(29,30)27-19-12-20-18(11-17(19)15-5-4-10-26-13-15)21(23(28)25-2)22(31-20)14-6-8-16(24)9-7-14/h4-13,27H,3H2,1-2H3,(H,25,28). The van der Waals surface area contributed by atoms with Gasteiger partial charge in [0.1, 0.15) is 17.2 Å². The second-order valence-corrected chi connectivity index (χ2v) is 9.04. The molecule has 0 aliphatic rings. The maximum absolute atomic E-state index is 13.4. The highest BCUT2D eigenvalue weighted by Gasteiger charge is 2.24. The number of anilines is 1. The number of halogens is 1. The Labute approximate surface area is 184 Å². The van der Waals surface area contributed by atoms with Crippen molar-refractivity contribution in [2.75, 3.05) is 17.5 Å². The first-order chi connectivity index (χ1) is 15.3. The van der Waals surface area contributed by atoms with Gasteiger partial charge in [-0.1, -0.05) is 6.07 Å². The van der Waals surface area contributed by atoms with E-state index >= 15 is 0 Å². The van der Waals surface area contributed by atoms with Crippen LogP contribution >= 0.6 is 0 Å². The van der Waals surface area contributed by atoms with E-state index in [2.05, 4.69) is 15.0 Å². The Kier molecular flexibility index (Phi) is 5.67. The molecule has 0 aliphatic carbocycles. The van der Waals surface area contributed by atoms with Crippen LogP contribution < -0.4 is 10.0 Å². The number of nitrogens with zero attached hydrogens (tertiary/aromatic N) is 1. The van der Waals surface area contributed by atoms with Crippen LogP contribution in [0.2, 0.25) is 0 Å². The van der Waals surface area contributed by atoms with E-state index in [-0.39, 0.29) is 23.0 Å². The smallest absolute Gasteiger partial charge is 0.255 e. The molecule has 2 heterocycles. The Morgan fingerprint density at radius 1 is 1.12 bits per heavy atom. The Hall–Kier alpha value is -3.72. The molecule has 2 aromatic carbocycles. The predicted molar refractivity (Wildman–Crippen MR) is 121 cm³/mol. The molecule has 0 bridgehead atoms. The van der Waals surface area contributed by atoms with Gasteiger partial charge in [0, 0.05) is 47.6 Å². The van der Waals surface area contributed by atoms with Crippen LogP contribution in [0.1, 0.15) is 17.3 Å². The summed E-state index contributed by atoms with van der Waals surface area (Å²) in [6, 6.07) is 12.3. The summed E-state index contributed by atoms with van der Waals surface area (Å²) in [6.45, 7) is 1.54. The topological polar surface area (TPSA) is 101 Å². The van der Waals surface area contributed by atoms with E-state index in [9.17, 15) is 17.6 Å². The van der Waals surface area contributed by atoms with Gasteiger partial charge in [-0.2, -0.15) is 0 Å². The molecule has 0 spiro atoms. The lowest BCUT2D eigenvalue weighted by atomic mass is 9.99. The van der Waals surface area contributed by atoms with Gasteiger partial charge in [-0.15, -0.1) is 0 Å². The third-order valence-corrected chi connectivity index (χ3v) is 6.30. The van der Waals surface area contributed by atoms with Crippen molar-refractivity contribution in [2.24, 2.45) is 0 Å². The quantitative estimate of drug-likeness (QED) is 0.450. The van der Waals surface area contributed by atoms with Crippen LogP contribution in [-0.4, -0.2) is 32.1 Å². The number of nitrogens with one attached hydrogen (secondary N) is 2. The normalized spacial score (nSPS) is 11.5. The molecule has 1 amide bonds. The molecule has 7 nitrogen and oxygen atoms in total. The van der Waals surface area contributed by atoms with Gasteiger partial charge in [-0.3, -0.25) is 14.5 Å². The van der Waals surface area contributed by atoms with Crippen molar-refractivity contribution >= 4 is 32.6 Å². The summed E-state index contributed by atoms with van der Waals surface area (Å²) in [5.74, 6) is -0.657. The lowest BCUT2D eigenvalue weighted by Crippen LogP contribution is -2.18. The number of furan rings is 1. The maximum Gasteiger partial charge on any atom is 0.255 e.